The maximum atomic E-state index is 11.9. The highest BCUT2D eigenvalue weighted by atomic mass is 16.6. The van der Waals surface area contributed by atoms with E-state index in [2.05, 4.69) is 0 Å². The molecule has 1 heterocycles. The van der Waals surface area contributed by atoms with E-state index < -0.39 is 23.7 Å². The largest absolute Gasteiger partial charge is 0.466 e. The maximum Gasteiger partial charge on any atom is 0.410 e. The van der Waals surface area contributed by atoms with Crippen LogP contribution in [-0.2, 0) is 14.3 Å². The van der Waals surface area contributed by atoms with Crippen LogP contribution in [0.1, 0.15) is 34.1 Å². The highest BCUT2D eigenvalue weighted by molar-refractivity contribution is 5.75. The average Bonchev–Trinajstić information content (AvgIpc) is 2.26. The Morgan fingerprint density at radius 1 is 1.32 bits per heavy atom. The summed E-state index contributed by atoms with van der Waals surface area (Å²) in [6, 6.07) is 0. The quantitative estimate of drug-likeness (QED) is 0.764. The third kappa shape index (κ3) is 5.06. The summed E-state index contributed by atoms with van der Waals surface area (Å²) >= 11 is 0. The molecule has 1 amide bonds. The van der Waals surface area contributed by atoms with Gasteiger partial charge in [0.05, 0.1) is 18.6 Å². The van der Waals surface area contributed by atoms with Gasteiger partial charge in [0.25, 0.3) is 0 Å². The van der Waals surface area contributed by atoms with Crippen LogP contribution < -0.4 is 0 Å². The first-order valence-corrected chi connectivity index (χ1v) is 6.55. The highest BCUT2D eigenvalue weighted by Gasteiger charge is 2.35. The van der Waals surface area contributed by atoms with Gasteiger partial charge in [-0.3, -0.25) is 4.79 Å². The number of likely N-dealkylation sites (tertiary alicyclic amines) is 1. The molecule has 6 heteroatoms. The van der Waals surface area contributed by atoms with Gasteiger partial charge in [-0.25, -0.2) is 4.79 Å². The summed E-state index contributed by atoms with van der Waals surface area (Å²) < 4.78 is 10.2. The molecule has 1 rings (SSSR count). The Morgan fingerprint density at radius 3 is 2.47 bits per heavy atom. The smallest absolute Gasteiger partial charge is 0.410 e. The van der Waals surface area contributed by atoms with Gasteiger partial charge in [0.2, 0.25) is 0 Å². The summed E-state index contributed by atoms with van der Waals surface area (Å²) in [7, 11) is 0. The molecule has 0 radical (unpaired) electrons. The van der Waals surface area contributed by atoms with Crippen molar-refractivity contribution in [3.63, 3.8) is 0 Å². The first-order valence-electron chi connectivity index (χ1n) is 6.55. The van der Waals surface area contributed by atoms with E-state index in [9.17, 15) is 14.7 Å². The third-order valence-corrected chi connectivity index (χ3v) is 2.70. The predicted molar refractivity (Wildman–Crippen MR) is 68.6 cm³/mol. The number of hydrogen-bond donors (Lipinski definition) is 1. The molecule has 2 atom stereocenters. The first-order chi connectivity index (χ1) is 8.73. The number of β-amino-alcohol motifs (C(OH)–C–C–N with tert-alkyl or cyclic N) is 1. The van der Waals surface area contributed by atoms with Gasteiger partial charge in [-0.05, 0) is 34.1 Å². The van der Waals surface area contributed by atoms with Crippen molar-refractivity contribution >= 4 is 12.1 Å². The number of carbonyl (C=O) groups excluding carboxylic acids is 2. The Balaban J connectivity index is 2.64. The van der Waals surface area contributed by atoms with Crippen LogP contribution in [0.4, 0.5) is 4.79 Å². The first kappa shape index (κ1) is 15.8. The van der Waals surface area contributed by atoms with Gasteiger partial charge in [-0.1, -0.05) is 0 Å². The highest BCUT2D eigenvalue weighted by Crippen LogP contribution is 2.20. The lowest BCUT2D eigenvalue weighted by molar-refractivity contribution is -0.151. The predicted octanol–water partition coefficient (Wildman–Crippen LogP) is 1.17. The normalized spacial score (nSPS) is 23.9. The van der Waals surface area contributed by atoms with Crippen molar-refractivity contribution in [2.75, 3.05) is 19.7 Å². The molecule has 1 N–H and O–H groups in total. The molecule has 110 valence electrons. The molecule has 19 heavy (non-hydrogen) atoms. The van der Waals surface area contributed by atoms with Crippen LogP contribution in [0.15, 0.2) is 0 Å². The van der Waals surface area contributed by atoms with Crippen molar-refractivity contribution in [3.8, 4) is 0 Å². The van der Waals surface area contributed by atoms with Crippen LogP contribution in [0, 0.1) is 5.92 Å². The molecule has 6 nitrogen and oxygen atoms in total. The molecule has 0 aromatic rings. The summed E-state index contributed by atoms with van der Waals surface area (Å²) in [5.41, 5.74) is -0.598. The van der Waals surface area contributed by atoms with Crippen LogP contribution in [0.5, 0.6) is 0 Å². The van der Waals surface area contributed by atoms with Crippen molar-refractivity contribution in [2.24, 2.45) is 5.92 Å². The van der Waals surface area contributed by atoms with Gasteiger partial charge >= 0.3 is 12.1 Å². The number of ether oxygens (including phenoxy) is 2. The van der Waals surface area contributed by atoms with Crippen LogP contribution in [0.25, 0.3) is 0 Å². The van der Waals surface area contributed by atoms with E-state index in [0.717, 1.165) is 0 Å². The van der Waals surface area contributed by atoms with E-state index in [1.54, 1.807) is 27.7 Å². The van der Waals surface area contributed by atoms with Crippen molar-refractivity contribution in [1.29, 1.82) is 0 Å². The number of nitrogens with zero attached hydrogens (tertiary/aromatic N) is 1. The monoisotopic (exact) mass is 273 g/mol. The fourth-order valence-corrected chi connectivity index (χ4v) is 1.98. The van der Waals surface area contributed by atoms with Gasteiger partial charge in [0, 0.05) is 13.1 Å². The molecular weight excluding hydrogens is 250 g/mol. The van der Waals surface area contributed by atoms with Gasteiger partial charge in [-0.2, -0.15) is 0 Å². The summed E-state index contributed by atoms with van der Waals surface area (Å²) in [5, 5.41) is 9.76. The number of aliphatic hydroxyl groups excluding tert-OH is 1. The molecule has 1 aliphatic heterocycles. The van der Waals surface area contributed by atoms with E-state index in [-0.39, 0.29) is 25.7 Å². The van der Waals surface area contributed by atoms with Gasteiger partial charge in [0.1, 0.15) is 5.60 Å². The van der Waals surface area contributed by atoms with Crippen molar-refractivity contribution in [2.45, 2.75) is 45.8 Å². The molecule has 0 aromatic carbocycles. The Kier molecular flexibility index (Phi) is 5.17. The van der Waals surface area contributed by atoms with Gasteiger partial charge < -0.3 is 19.5 Å². The lowest BCUT2D eigenvalue weighted by Gasteiger charge is -2.35. The molecule has 0 aliphatic carbocycles. The molecule has 1 aliphatic rings. The second kappa shape index (κ2) is 6.23. The number of hydrogen-bond acceptors (Lipinski definition) is 5. The van der Waals surface area contributed by atoms with Crippen LogP contribution in [0.3, 0.4) is 0 Å². The van der Waals surface area contributed by atoms with Gasteiger partial charge in [0.15, 0.2) is 0 Å². The minimum Gasteiger partial charge on any atom is -0.466 e. The lowest BCUT2D eigenvalue weighted by atomic mass is 9.96. The van der Waals surface area contributed by atoms with Crippen molar-refractivity contribution < 1.29 is 24.2 Å². The van der Waals surface area contributed by atoms with Crippen LogP contribution in [0.2, 0.25) is 0 Å². The fraction of sp³-hybridized carbons (Fsp3) is 0.846. The fourth-order valence-electron chi connectivity index (χ4n) is 1.98. The van der Waals surface area contributed by atoms with E-state index in [0.29, 0.717) is 6.42 Å². The molecule has 1 saturated heterocycles. The zero-order valence-electron chi connectivity index (χ0n) is 12.0. The maximum absolute atomic E-state index is 11.9. The van der Waals surface area contributed by atoms with Crippen molar-refractivity contribution in [1.82, 2.24) is 4.90 Å². The minimum atomic E-state index is -0.726. The number of esters is 1. The Bertz CT molecular complexity index is 336. The standard InChI is InChI=1S/C13H23NO5/c1-5-18-11(16)9-6-10(15)8-14(7-9)12(17)19-13(2,3)4/h9-10,15H,5-8H2,1-4H3/t9-,10+/m0/s1. The zero-order chi connectivity index (χ0) is 14.6. The lowest BCUT2D eigenvalue weighted by Crippen LogP contribution is -2.50. The van der Waals surface area contributed by atoms with E-state index in [1.165, 1.54) is 4.90 Å². The summed E-state index contributed by atoms with van der Waals surface area (Å²) in [6.45, 7) is 7.74. The number of rotatable bonds is 2. The number of carbonyl (C=O) groups is 2. The molecular formula is C13H23NO5. The Hall–Kier alpha value is -1.30. The zero-order valence-corrected chi connectivity index (χ0v) is 12.0. The Labute approximate surface area is 113 Å². The second-order valence-corrected chi connectivity index (χ2v) is 5.72. The summed E-state index contributed by atoms with van der Waals surface area (Å²) in [4.78, 5) is 25.0. The minimum absolute atomic E-state index is 0.185. The van der Waals surface area contributed by atoms with E-state index in [1.807, 2.05) is 0 Å². The van der Waals surface area contributed by atoms with E-state index in [4.69, 9.17) is 9.47 Å². The molecule has 1 fully saturated rings. The second-order valence-electron chi connectivity index (χ2n) is 5.72. The molecule has 0 bridgehead atoms. The number of aliphatic hydroxyl groups is 1. The number of amides is 1. The Morgan fingerprint density at radius 2 is 1.95 bits per heavy atom. The van der Waals surface area contributed by atoms with Crippen LogP contribution >= 0.6 is 0 Å². The molecule has 0 unspecified atom stereocenters. The number of piperidine rings is 1. The third-order valence-electron chi connectivity index (χ3n) is 2.70. The average molecular weight is 273 g/mol. The van der Waals surface area contributed by atoms with Crippen LogP contribution in [-0.4, -0.2) is 53.5 Å². The van der Waals surface area contributed by atoms with Crippen molar-refractivity contribution in [3.05, 3.63) is 0 Å². The summed E-state index contributed by atoms with van der Waals surface area (Å²) in [5.74, 6) is -0.869. The summed E-state index contributed by atoms with van der Waals surface area (Å²) in [6.07, 6.45) is -0.922. The van der Waals surface area contributed by atoms with Gasteiger partial charge in [-0.15, -0.1) is 0 Å². The molecule has 0 aromatic heterocycles. The van der Waals surface area contributed by atoms with E-state index >= 15 is 0 Å². The SMILES string of the molecule is CCOC(=O)[C@H]1C[C@@H](O)CN(C(=O)OC(C)(C)C)C1. The molecule has 0 saturated carbocycles. The topological polar surface area (TPSA) is 76.1 Å². The molecule has 0 spiro atoms.